The summed E-state index contributed by atoms with van der Waals surface area (Å²) < 4.78 is 2.23. The van der Waals surface area contributed by atoms with Gasteiger partial charge in [0.1, 0.15) is 11.3 Å². The molecule has 7 heteroatoms. The maximum absolute atomic E-state index is 11.8. The lowest BCUT2D eigenvalue weighted by Crippen LogP contribution is -2.15. The molecule has 0 spiro atoms. The molecule has 0 aliphatic heterocycles. The van der Waals surface area contributed by atoms with E-state index in [-0.39, 0.29) is 5.56 Å². The maximum Gasteiger partial charge on any atom is 0.276 e. The minimum atomic E-state index is -0.208. The van der Waals surface area contributed by atoms with Crippen molar-refractivity contribution in [1.29, 1.82) is 0 Å². The highest BCUT2D eigenvalue weighted by atomic mass is 32.1. The third-order valence-electron chi connectivity index (χ3n) is 3.45. The van der Waals surface area contributed by atoms with Crippen LogP contribution in [-0.4, -0.2) is 24.5 Å². The molecule has 21 heavy (non-hydrogen) atoms. The highest BCUT2D eigenvalue weighted by Gasteiger charge is 2.09. The number of nitrogens with one attached hydrogen (secondary N) is 3. The molecule has 0 radical (unpaired) electrons. The zero-order chi connectivity index (χ0) is 14.4. The van der Waals surface area contributed by atoms with Gasteiger partial charge in [-0.3, -0.25) is 9.78 Å². The van der Waals surface area contributed by atoms with Crippen LogP contribution in [0.2, 0.25) is 0 Å². The van der Waals surface area contributed by atoms with E-state index in [9.17, 15) is 4.79 Å². The number of fused-ring (bicyclic) bond motifs is 2. The predicted molar refractivity (Wildman–Crippen MR) is 82.9 cm³/mol. The van der Waals surface area contributed by atoms with E-state index in [1.807, 2.05) is 34.9 Å². The van der Waals surface area contributed by atoms with Crippen molar-refractivity contribution < 1.29 is 0 Å². The van der Waals surface area contributed by atoms with Gasteiger partial charge in [-0.2, -0.15) is 0 Å². The zero-order valence-corrected chi connectivity index (χ0v) is 11.7. The van der Waals surface area contributed by atoms with Gasteiger partial charge in [-0.15, -0.1) is 0 Å². The summed E-state index contributed by atoms with van der Waals surface area (Å²) in [7, 11) is 0. The van der Waals surface area contributed by atoms with Gasteiger partial charge >= 0.3 is 0 Å². The molecule has 0 unspecified atom stereocenters. The Hall–Kier alpha value is -2.67. The number of aromatic nitrogens is 5. The van der Waals surface area contributed by atoms with Gasteiger partial charge in [0.05, 0.1) is 23.1 Å². The van der Waals surface area contributed by atoms with Crippen LogP contribution in [-0.2, 0) is 6.54 Å². The number of H-pyrrole nitrogens is 3. The quantitative estimate of drug-likeness (QED) is 0.497. The van der Waals surface area contributed by atoms with Gasteiger partial charge in [0.2, 0.25) is 0 Å². The van der Waals surface area contributed by atoms with Crippen molar-refractivity contribution in [3.8, 4) is 0 Å². The summed E-state index contributed by atoms with van der Waals surface area (Å²) >= 11 is 5.26. The fourth-order valence-electron chi connectivity index (χ4n) is 2.49. The lowest BCUT2D eigenvalue weighted by molar-refractivity contribution is 0.748. The average Bonchev–Trinajstić information content (AvgIpc) is 3.09. The molecule has 6 nitrogen and oxygen atoms in total. The van der Waals surface area contributed by atoms with Gasteiger partial charge in [-0.25, -0.2) is 4.98 Å². The van der Waals surface area contributed by atoms with Crippen LogP contribution in [0.1, 0.15) is 5.82 Å². The molecule has 0 saturated heterocycles. The molecule has 0 saturated carbocycles. The number of benzene rings is 1. The normalized spacial score (nSPS) is 11.4. The first-order chi connectivity index (χ1) is 10.2. The summed E-state index contributed by atoms with van der Waals surface area (Å²) in [5.41, 5.74) is 2.97. The second-order valence-electron chi connectivity index (χ2n) is 4.78. The van der Waals surface area contributed by atoms with Gasteiger partial charge in [0, 0.05) is 6.20 Å². The van der Waals surface area contributed by atoms with E-state index in [4.69, 9.17) is 12.2 Å². The Morgan fingerprint density at radius 3 is 2.90 bits per heavy atom. The van der Waals surface area contributed by atoms with Crippen LogP contribution in [0.25, 0.3) is 22.1 Å². The van der Waals surface area contributed by atoms with Crippen LogP contribution >= 0.6 is 12.2 Å². The van der Waals surface area contributed by atoms with Crippen LogP contribution in [0.5, 0.6) is 0 Å². The third kappa shape index (κ3) is 1.90. The van der Waals surface area contributed by atoms with Crippen LogP contribution in [0, 0.1) is 4.77 Å². The molecule has 0 amide bonds. The Morgan fingerprint density at radius 2 is 2.05 bits per heavy atom. The Balaban J connectivity index is 1.89. The van der Waals surface area contributed by atoms with E-state index < -0.39 is 0 Å². The number of hydrogen-bond donors (Lipinski definition) is 3. The topological polar surface area (TPSA) is 82.3 Å². The number of hydrogen-bond acceptors (Lipinski definition) is 3. The van der Waals surface area contributed by atoms with Crippen LogP contribution in [0.15, 0.2) is 41.3 Å². The summed E-state index contributed by atoms with van der Waals surface area (Å²) in [6.07, 6.45) is 1.73. The largest absolute Gasteiger partial charge is 0.355 e. The molecule has 3 heterocycles. The van der Waals surface area contributed by atoms with Crippen molar-refractivity contribution in [3.05, 3.63) is 57.5 Å². The first-order valence-corrected chi connectivity index (χ1v) is 6.87. The lowest BCUT2D eigenvalue weighted by Gasteiger charge is -2.06. The van der Waals surface area contributed by atoms with Gasteiger partial charge in [0.25, 0.3) is 5.56 Å². The molecular weight excluding hydrogens is 286 g/mol. The second-order valence-corrected chi connectivity index (χ2v) is 5.17. The second kappa shape index (κ2) is 4.42. The molecule has 3 aromatic heterocycles. The summed E-state index contributed by atoms with van der Waals surface area (Å²) in [6, 6.07) is 9.67. The predicted octanol–water partition coefficient (Wildman–Crippen LogP) is 2.31. The van der Waals surface area contributed by atoms with E-state index in [1.165, 1.54) is 0 Å². The lowest BCUT2D eigenvalue weighted by atomic mass is 10.3. The first-order valence-electron chi connectivity index (χ1n) is 6.46. The molecule has 0 aliphatic carbocycles. The molecule has 0 bridgehead atoms. The third-order valence-corrected chi connectivity index (χ3v) is 3.78. The molecular formula is C14H11N5OS. The number of para-hydroxylation sites is 2. The van der Waals surface area contributed by atoms with Crippen molar-refractivity contribution in [1.82, 2.24) is 24.5 Å². The van der Waals surface area contributed by atoms with E-state index in [0.29, 0.717) is 16.8 Å². The number of imidazole rings is 1. The summed E-state index contributed by atoms with van der Waals surface area (Å²) in [5, 5.41) is 0. The van der Waals surface area contributed by atoms with Crippen molar-refractivity contribution in [2.75, 3.05) is 0 Å². The highest BCUT2D eigenvalue weighted by molar-refractivity contribution is 7.71. The van der Waals surface area contributed by atoms with Crippen molar-refractivity contribution in [3.63, 3.8) is 0 Å². The molecule has 4 rings (SSSR count). The molecule has 3 N–H and O–H groups in total. The standard InChI is InChI=1S/C14H11N5OS/c20-13-12-10(5-6-15-12)19(14(21)18-13)7-11-16-8-3-1-2-4-9(8)17-11/h1-6,15H,7H2,(H,16,17)(H,18,20,21). The Morgan fingerprint density at radius 1 is 1.19 bits per heavy atom. The van der Waals surface area contributed by atoms with E-state index in [2.05, 4.69) is 19.9 Å². The van der Waals surface area contributed by atoms with Crippen LogP contribution in [0.3, 0.4) is 0 Å². The minimum Gasteiger partial charge on any atom is -0.355 e. The SMILES string of the molecule is O=c1[nH]c(=S)n(Cc2nc3ccccc3[nH]2)c2cc[nH]c12. The molecule has 4 aromatic rings. The van der Waals surface area contributed by atoms with Crippen molar-refractivity contribution in [2.45, 2.75) is 6.54 Å². The smallest absolute Gasteiger partial charge is 0.276 e. The Kier molecular flexibility index (Phi) is 2.55. The molecule has 104 valence electrons. The highest BCUT2D eigenvalue weighted by Crippen LogP contribution is 2.14. The average molecular weight is 297 g/mol. The van der Waals surface area contributed by atoms with Crippen molar-refractivity contribution >= 4 is 34.3 Å². The molecule has 0 aliphatic rings. The molecule has 0 atom stereocenters. The summed E-state index contributed by atoms with van der Waals surface area (Å²) in [6.45, 7) is 0.471. The van der Waals surface area contributed by atoms with Gasteiger partial charge in [-0.05, 0) is 30.4 Å². The van der Waals surface area contributed by atoms with E-state index >= 15 is 0 Å². The monoisotopic (exact) mass is 297 g/mol. The fraction of sp³-hybridized carbons (Fsp3) is 0.0714. The summed E-state index contributed by atoms with van der Waals surface area (Å²) in [4.78, 5) is 25.2. The van der Waals surface area contributed by atoms with Crippen LogP contribution < -0.4 is 5.56 Å². The maximum atomic E-state index is 11.8. The molecule has 1 aromatic carbocycles. The molecule has 0 fully saturated rings. The fourth-order valence-corrected chi connectivity index (χ4v) is 2.75. The minimum absolute atomic E-state index is 0.208. The number of nitrogens with zero attached hydrogens (tertiary/aromatic N) is 2. The van der Waals surface area contributed by atoms with E-state index in [1.54, 1.807) is 6.20 Å². The summed E-state index contributed by atoms with van der Waals surface area (Å²) in [5.74, 6) is 0.793. The number of rotatable bonds is 2. The Bertz CT molecular complexity index is 1040. The number of aromatic amines is 3. The van der Waals surface area contributed by atoms with E-state index in [0.717, 1.165) is 22.4 Å². The zero-order valence-electron chi connectivity index (χ0n) is 10.9. The van der Waals surface area contributed by atoms with Gasteiger partial charge < -0.3 is 14.5 Å². The van der Waals surface area contributed by atoms with Gasteiger partial charge in [-0.1, -0.05) is 12.1 Å². The van der Waals surface area contributed by atoms with Gasteiger partial charge in [0.15, 0.2) is 4.77 Å². The first kappa shape index (κ1) is 12.1. The van der Waals surface area contributed by atoms with Crippen LogP contribution in [0.4, 0.5) is 0 Å². The van der Waals surface area contributed by atoms with Crippen molar-refractivity contribution in [2.24, 2.45) is 0 Å². The Labute approximate surface area is 123 Å².